The first kappa shape index (κ1) is 18.3. The maximum absolute atomic E-state index is 12.4. The highest BCUT2D eigenvalue weighted by Crippen LogP contribution is 2.31. The van der Waals surface area contributed by atoms with Crippen molar-refractivity contribution in [2.24, 2.45) is 0 Å². The predicted molar refractivity (Wildman–Crippen MR) is 106 cm³/mol. The highest BCUT2D eigenvalue weighted by Gasteiger charge is 2.11. The number of carbonyl (C=O) groups is 1. The summed E-state index contributed by atoms with van der Waals surface area (Å²) >= 11 is 13.3. The van der Waals surface area contributed by atoms with Crippen LogP contribution in [-0.2, 0) is 0 Å². The minimum absolute atomic E-state index is 0.312. The second-order valence-electron chi connectivity index (χ2n) is 5.32. The topological polar surface area (TPSA) is 52.9 Å². The van der Waals surface area contributed by atoms with E-state index in [9.17, 15) is 10.1 Å². The van der Waals surface area contributed by atoms with E-state index in [0.29, 0.717) is 26.9 Å². The SMILES string of the molecule is N#Cc1cc(NC(=O)c2ccc(Cl)c(Cl)c2)ccc1Sc1ccccc1. The summed E-state index contributed by atoms with van der Waals surface area (Å²) in [5.74, 6) is -0.323. The zero-order valence-electron chi connectivity index (χ0n) is 13.4. The standard InChI is InChI=1S/C20H12Cl2N2OS/c21-17-8-6-13(11-18(17)22)20(25)24-15-7-9-19(14(10-15)12-23)26-16-4-2-1-3-5-16/h1-11H,(H,24,25). The lowest BCUT2D eigenvalue weighted by Gasteiger charge is -2.09. The van der Waals surface area contributed by atoms with Gasteiger partial charge in [0.15, 0.2) is 0 Å². The lowest BCUT2D eigenvalue weighted by Crippen LogP contribution is -2.12. The number of halogens is 2. The molecule has 0 heterocycles. The fourth-order valence-corrected chi connectivity index (χ4v) is 3.44. The Balaban J connectivity index is 1.80. The Morgan fingerprint density at radius 1 is 0.962 bits per heavy atom. The number of nitrogens with one attached hydrogen (secondary N) is 1. The van der Waals surface area contributed by atoms with Crippen LogP contribution in [0.15, 0.2) is 76.5 Å². The van der Waals surface area contributed by atoms with E-state index in [1.54, 1.807) is 24.3 Å². The largest absolute Gasteiger partial charge is 0.322 e. The average molecular weight is 399 g/mol. The van der Waals surface area contributed by atoms with Gasteiger partial charge in [0, 0.05) is 21.0 Å². The molecule has 0 fully saturated rings. The van der Waals surface area contributed by atoms with Gasteiger partial charge in [-0.1, -0.05) is 53.2 Å². The molecule has 128 valence electrons. The Morgan fingerprint density at radius 2 is 1.73 bits per heavy atom. The summed E-state index contributed by atoms with van der Waals surface area (Å²) < 4.78 is 0. The Kier molecular flexibility index (Phi) is 5.85. The van der Waals surface area contributed by atoms with Crippen LogP contribution in [0.4, 0.5) is 5.69 Å². The van der Waals surface area contributed by atoms with Crippen LogP contribution in [0.2, 0.25) is 10.0 Å². The van der Waals surface area contributed by atoms with Gasteiger partial charge in [0.2, 0.25) is 0 Å². The normalized spacial score (nSPS) is 10.2. The molecule has 0 bridgehead atoms. The number of amides is 1. The van der Waals surface area contributed by atoms with E-state index < -0.39 is 0 Å². The number of benzene rings is 3. The average Bonchev–Trinajstić information content (AvgIpc) is 2.66. The van der Waals surface area contributed by atoms with E-state index in [1.807, 2.05) is 36.4 Å². The van der Waals surface area contributed by atoms with Crippen LogP contribution in [0.25, 0.3) is 0 Å². The second kappa shape index (κ2) is 8.29. The van der Waals surface area contributed by atoms with Gasteiger partial charge in [-0.2, -0.15) is 5.26 Å². The summed E-state index contributed by atoms with van der Waals surface area (Å²) in [6.45, 7) is 0. The van der Waals surface area contributed by atoms with Crippen LogP contribution in [0.5, 0.6) is 0 Å². The number of nitriles is 1. The van der Waals surface area contributed by atoms with Gasteiger partial charge < -0.3 is 5.32 Å². The van der Waals surface area contributed by atoms with Gasteiger partial charge in [-0.15, -0.1) is 0 Å². The van der Waals surface area contributed by atoms with E-state index in [4.69, 9.17) is 23.2 Å². The van der Waals surface area contributed by atoms with Crippen LogP contribution in [0.3, 0.4) is 0 Å². The van der Waals surface area contributed by atoms with Gasteiger partial charge in [0.05, 0.1) is 15.6 Å². The van der Waals surface area contributed by atoms with Gasteiger partial charge in [-0.25, -0.2) is 0 Å². The van der Waals surface area contributed by atoms with E-state index in [1.165, 1.54) is 17.8 Å². The summed E-state index contributed by atoms with van der Waals surface area (Å²) in [6.07, 6.45) is 0. The molecule has 6 heteroatoms. The minimum Gasteiger partial charge on any atom is -0.322 e. The Labute approximate surface area is 165 Å². The molecule has 26 heavy (non-hydrogen) atoms. The summed E-state index contributed by atoms with van der Waals surface area (Å²) in [7, 11) is 0. The van der Waals surface area contributed by atoms with E-state index in [0.717, 1.165) is 9.79 Å². The lowest BCUT2D eigenvalue weighted by atomic mass is 10.2. The smallest absolute Gasteiger partial charge is 0.255 e. The predicted octanol–water partition coefficient (Wildman–Crippen LogP) is 6.27. The second-order valence-corrected chi connectivity index (χ2v) is 7.25. The van der Waals surface area contributed by atoms with Crippen molar-refractivity contribution in [2.45, 2.75) is 9.79 Å². The first-order chi connectivity index (χ1) is 12.6. The van der Waals surface area contributed by atoms with Crippen molar-refractivity contribution in [1.82, 2.24) is 0 Å². The molecule has 0 aliphatic heterocycles. The van der Waals surface area contributed by atoms with Crippen LogP contribution in [-0.4, -0.2) is 5.91 Å². The lowest BCUT2D eigenvalue weighted by molar-refractivity contribution is 0.102. The Hall–Kier alpha value is -2.45. The number of hydrogen-bond donors (Lipinski definition) is 1. The van der Waals surface area contributed by atoms with Crippen LogP contribution < -0.4 is 5.32 Å². The minimum atomic E-state index is -0.323. The molecule has 3 nitrogen and oxygen atoms in total. The summed E-state index contributed by atoms with van der Waals surface area (Å²) in [5, 5.41) is 12.9. The van der Waals surface area contributed by atoms with Crippen molar-refractivity contribution in [3.63, 3.8) is 0 Å². The molecule has 0 aliphatic carbocycles. The number of nitrogens with zero attached hydrogens (tertiary/aromatic N) is 1. The van der Waals surface area contributed by atoms with Crippen LogP contribution >= 0.6 is 35.0 Å². The summed E-state index contributed by atoms with van der Waals surface area (Å²) in [5.41, 5.74) is 1.42. The molecule has 0 unspecified atom stereocenters. The van der Waals surface area contributed by atoms with E-state index in [-0.39, 0.29) is 5.91 Å². The molecular formula is C20H12Cl2N2OS. The van der Waals surface area contributed by atoms with Crippen molar-refractivity contribution < 1.29 is 4.79 Å². The Morgan fingerprint density at radius 3 is 2.42 bits per heavy atom. The molecule has 0 radical (unpaired) electrons. The molecule has 0 saturated carbocycles. The zero-order valence-corrected chi connectivity index (χ0v) is 15.7. The number of carbonyl (C=O) groups excluding carboxylic acids is 1. The molecule has 0 aromatic heterocycles. The molecule has 0 spiro atoms. The van der Waals surface area contributed by atoms with Gasteiger partial charge in [0.25, 0.3) is 5.91 Å². The van der Waals surface area contributed by atoms with Crippen molar-refractivity contribution in [1.29, 1.82) is 5.26 Å². The van der Waals surface area contributed by atoms with Crippen molar-refractivity contribution in [3.05, 3.63) is 87.9 Å². The van der Waals surface area contributed by atoms with Gasteiger partial charge in [0.1, 0.15) is 6.07 Å². The quantitative estimate of drug-likeness (QED) is 0.563. The Bertz CT molecular complexity index is 1000. The third-order valence-corrected chi connectivity index (χ3v) is 5.33. The molecule has 3 aromatic rings. The van der Waals surface area contributed by atoms with Crippen molar-refractivity contribution in [2.75, 3.05) is 5.32 Å². The van der Waals surface area contributed by atoms with E-state index in [2.05, 4.69) is 11.4 Å². The third kappa shape index (κ3) is 4.39. The van der Waals surface area contributed by atoms with Crippen LogP contribution in [0.1, 0.15) is 15.9 Å². The number of anilines is 1. The fraction of sp³-hybridized carbons (Fsp3) is 0. The highest BCUT2D eigenvalue weighted by atomic mass is 35.5. The monoisotopic (exact) mass is 398 g/mol. The fourth-order valence-electron chi connectivity index (χ4n) is 2.24. The van der Waals surface area contributed by atoms with Gasteiger partial charge >= 0.3 is 0 Å². The maximum Gasteiger partial charge on any atom is 0.255 e. The highest BCUT2D eigenvalue weighted by molar-refractivity contribution is 7.99. The van der Waals surface area contributed by atoms with Crippen molar-refractivity contribution in [3.8, 4) is 6.07 Å². The van der Waals surface area contributed by atoms with E-state index >= 15 is 0 Å². The molecule has 0 atom stereocenters. The summed E-state index contributed by atoms with van der Waals surface area (Å²) in [4.78, 5) is 14.2. The molecule has 3 rings (SSSR count). The maximum atomic E-state index is 12.4. The molecule has 0 saturated heterocycles. The molecule has 3 aromatic carbocycles. The molecule has 1 N–H and O–H groups in total. The molecule has 0 aliphatic rings. The van der Waals surface area contributed by atoms with Crippen molar-refractivity contribution >= 4 is 46.6 Å². The zero-order chi connectivity index (χ0) is 18.5. The summed E-state index contributed by atoms with van der Waals surface area (Å²) in [6, 6.07) is 21.9. The van der Waals surface area contributed by atoms with Gasteiger partial charge in [-0.05, 0) is 48.5 Å². The molecular weight excluding hydrogens is 387 g/mol. The first-order valence-corrected chi connectivity index (χ1v) is 9.17. The van der Waals surface area contributed by atoms with Gasteiger partial charge in [-0.3, -0.25) is 4.79 Å². The first-order valence-electron chi connectivity index (χ1n) is 7.60. The van der Waals surface area contributed by atoms with Crippen LogP contribution in [0, 0.1) is 11.3 Å². The molecule has 1 amide bonds. The number of hydrogen-bond acceptors (Lipinski definition) is 3. The number of rotatable bonds is 4. The third-order valence-electron chi connectivity index (χ3n) is 3.51.